The fraction of sp³-hybridized carbons (Fsp3) is 0.600. The summed E-state index contributed by atoms with van der Waals surface area (Å²) in [4.78, 5) is 22.1. The number of carbonyl (C=O) groups is 2. The van der Waals surface area contributed by atoms with E-state index in [0.29, 0.717) is 0 Å². The molecular formula is C10H19N3O5S. The van der Waals surface area contributed by atoms with Crippen molar-refractivity contribution in [2.75, 3.05) is 26.4 Å². The Bertz CT molecular complexity index is 432. The molecule has 0 heterocycles. The molecule has 0 aromatic carbocycles. The zero-order valence-corrected chi connectivity index (χ0v) is 11.7. The van der Waals surface area contributed by atoms with Crippen molar-refractivity contribution in [2.24, 2.45) is 0 Å². The maximum absolute atomic E-state index is 11.4. The molecule has 0 saturated heterocycles. The van der Waals surface area contributed by atoms with Gasteiger partial charge in [0.1, 0.15) is 6.04 Å². The molecule has 2 amide bonds. The standard InChI is InChI=1S/C10H19N3O5S/c1-4-5-8(9(14)15)12-10(16)11-6-7-19(17,18)13(2)3/h4,8H,1,5-7H2,2-3H3,(H,14,15)(H2,11,12,16). The van der Waals surface area contributed by atoms with Crippen LogP contribution in [0, 0.1) is 0 Å². The van der Waals surface area contributed by atoms with Gasteiger partial charge < -0.3 is 15.7 Å². The van der Waals surface area contributed by atoms with Crippen LogP contribution in [-0.2, 0) is 14.8 Å². The monoisotopic (exact) mass is 293 g/mol. The summed E-state index contributed by atoms with van der Waals surface area (Å²) in [5, 5.41) is 13.3. The van der Waals surface area contributed by atoms with Gasteiger partial charge in [0, 0.05) is 20.6 Å². The van der Waals surface area contributed by atoms with Crippen LogP contribution in [0.25, 0.3) is 0 Å². The average molecular weight is 293 g/mol. The van der Waals surface area contributed by atoms with Gasteiger partial charge in [-0.05, 0) is 6.42 Å². The highest BCUT2D eigenvalue weighted by Crippen LogP contribution is 1.94. The first-order valence-electron chi connectivity index (χ1n) is 5.49. The highest BCUT2D eigenvalue weighted by atomic mass is 32.2. The van der Waals surface area contributed by atoms with Gasteiger partial charge in [0.25, 0.3) is 0 Å². The van der Waals surface area contributed by atoms with Crippen molar-refractivity contribution < 1.29 is 23.1 Å². The summed E-state index contributed by atoms with van der Waals surface area (Å²) in [5.74, 6) is -1.44. The van der Waals surface area contributed by atoms with Gasteiger partial charge in [-0.2, -0.15) is 0 Å². The fourth-order valence-electron chi connectivity index (χ4n) is 1.07. The third-order valence-corrected chi connectivity index (χ3v) is 4.04. The number of carboxylic acids is 1. The molecule has 0 aliphatic rings. The molecule has 0 aliphatic carbocycles. The zero-order valence-electron chi connectivity index (χ0n) is 10.9. The van der Waals surface area contributed by atoms with Crippen LogP contribution in [0.4, 0.5) is 4.79 Å². The molecule has 19 heavy (non-hydrogen) atoms. The number of hydrogen-bond acceptors (Lipinski definition) is 4. The summed E-state index contributed by atoms with van der Waals surface area (Å²) in [6.07, 6.45) is 1.45. The van der Waals surface area contributed by atoms with Crippen LogP contribution in [0.3, 0.4) is 0 Å². The number of hydrogen-bond donors (Lipinski definition) is 3. The van der Waals surface area contributed by atoms with Gasteiger partial charge in [-0.25, -0.2) is 22.3 Å². The minimum absolute atomic E-state index is 0.0821. The molecule has 0 aromatic heterocycles. The SMILES string of the molecule is C=CCC(NC(=O)NCCS(=O)(=O)N(C)C)C(=O)O. The van der Waals surface area contributed by atoms with E-state index in [9.17, 15) is 18.0 Å². The summed E-state index contributed by atoms with van der Waals surface area (Å²) in [5.41, 5.74) is 0. The van der Waals surface area contributed by atoms with Crippen molar-refractivity contribution in [1.82, 2.24) is 14.9 Å². The number of urea groups is 1. The minimum atomic E-state index is -3.39. The maximum Gasteiger partial charge on any atom is 0.326 e. The lowest BCUT2D eigenvalue weighted by atomic mass is 10.2. The topological polar surface area (TPSA) is 116 Å². The maximum atomic E-state index is 11.4. The van der Waals surface area contributed by atoms with E-state index >= 15 is 0 Å². The molecule has 1 unspecified atom stereocenters. The van der Waals surface area contributed by atoms with Crippen LogP contribution < -0.4 is 10.6 Å². The Hall–Kier alpha value is -1.61. The summed E-state index contributed by atoms with van der Waals surface area (Å²) in [6.45, 7) is 3.28. The van der Waals surface area contributed by atoms with E-state index < -0.39 is 28.1 Å². The second-order valence-electron chi connectivity index (χ2n) is 3.91. The molecule has 9 heteroatoms. The molecule has 0 saturated carbocycles. The lowest BCUT2D eigenvalue weighted by Crippen LogP contribution is -2.47. The summed E-state index contributed by atoms with van der Waals surface area (Å²) in [6, 6.07) is -1.81. The highest BCUT2D eigenvalue weighted by molar-refractivity contribution is 7.89. The molecule has 0 spiro atoms. The van der Waals surface area contributed by atoms with Crippen molar-refractivity contribution >= 4 is 22.0 Å². The van der Waals surface area contributed by atoms with Gasteiger partial charge >= 0.3 is 12.0 Å². The molecule has 110 valence electrons. The van der Waals surface area contributed by atoms with E-state index in [2.05, 4.69) is 17.2 Å². The van der Waals surface area contributed by atoms with Crippen LogP contribution in [-0.4, -0.2) is 62.3 Å². The Balaban J connectivity index is 4.19. The van der Waals surface area contributed by atoms with E-state index in [0.717, 1.165) is 4.31 Å². The Morgan fingerprint density at radius 3 is 2.42 bits per heavy atom. The smallest absolute Gasteiger partial charge is 0.326 e. The molecule has 0 fully saturated rings. The Labute approximate surface area is 112 Å². The predicted molar refractivity (Wildman–Crippen MR) is 70.2 cm³/mol. The minimum Gasteiger partial charge on any atom is -0.480 e. The zero-order chi connectivity index (χ0) is 15.1. The Morgan fingerprint density at radius 1 is 1.42 bits per heavy atom. The van der Waals surface area contributed by atoms with Gasteiger partial charge in [-0.15, -0.1) is 6.58 Å². The quantitative estimate of drug-likeness (QED) is 0.507. The number of nitrogens with one attached hydrogen (secondary N) is 2. The first kappa shape index (κ1) is 17.4. The van der Waals surface area contributed by atoms with Crippen LogP contribution in [0.5, 0.6) is 0 Å². The third kappa shape index (κ3) is 6.77. The van der Waals surface area contributed by atoms with Crippen LogP contribution in [0.1, 0.15) is 6.42 Å². The Morgan fingerprint density at radius 2 is 2.00 bits per heavy atom. The normalized spacial score (nSPS) is 12.8. The number of carbonyl (C=O) groups excluding carboxylic acids is 1. The lowest BCUT2D eigenvalue weighted by Gasteiger charge is -2.14. The molecular weight excluding hydrogens is 274 g/mol. The molecule has 0 rings (SSSR count). The summed E-state index contributed by atoms with van der Waals surface area (Å²) in [7, 11) is -0.613. The average Bonchev–Trinajstić information content (AvgIpc) is 2.27. The number of amides is 2. The van der Waals surface area contributed by atoms with Gasteiger partial charge in [0.2, 0.25) is 10.0 Å². The lowest BCUT2D eigenvalue weighted by molar-refractivity contribution is -0.139. The molecule has 0 bridgehead atoms. The van der Waals surface area contributed by atoms with Gasteiger partial charge in [-0.1, -0.05) is 6.08 Å². The second kappa shape index (κ2) is 7.74. The molecule has 1 atom stereocenters. The molecule has 3 N–H and O–H groups in total. The van der Waals surface area contributed by atoms with Gasteiger partial charge in [0.05, 0.1) is 5.75 Å². The molecule has 0 aromatic rings. The molecule has 8 nitrogen and oxygen atoms in total. The number of rotatable bonds is 8. The van der Waals surface area contributed by atoms with E-state index in [1.807, 2.05) is 0 Å². The third-order valence-electron chi connectivity index (χ3n) is 2.21. The number of aliphatic carboxylic acids is 1. The van der Waals surface area contributed by atoms with Crippen LogP contribution in [0.15, 0.2) is 12.7 Å². The summed E-state index contributed by atoms with van der Waals surface area (Å²) >= 11 is 0. The first-order valence-corrected chi connectivity index (χ1v) is 7.10. The number of nitrogens with zero attached hydrogens (tertiary/aromatic N) is 1. The Kier molecular flexibility index (Phi) is 7.09. The summed E-state index contributed by atoms with van der Waals surface area (Å²) < 4.78 is 23.8. The van der Waals surface area contributed by atoms with E-state index in [1.54, 1.807) is 0 Å². The van der Waals surface area contributed by atoms with Crippen molar-refractivity contribution in [1.29, 1.82) is 0 Å². The van der Waals surface area contributed by atoms with E-state index in [1.165, 1.54) is 20.2 Å². The van der Waals surface area contributed by atoms with Crippen molar-refractivity contribution in [3.8, 4) is 0 Å². The predicted octanol–water partition coefficient (Wildman–Crippen LogP) is -0.794. The van der Waals surface area contributed by atoms with E-state index in [4.69, 9.17) is 5.11 Å². The largest absolute Gasteiger partial charge is 0.480 e. The van der Waals surface area contributed by atoms with Crippen LogP contribution >= 0.6 is 0 Å². The first-order chi connectivity index (χ1) is 8.70. The number of carboxylic acid groups (broad SMARTS) is 1. The van der Waals surface area contributed by atoms with Gasteiger partial charge in [0.15, 0.2) is 0 Å². The van der Waals surface area contributed by atoms with E-state index in [-0.39, 0.29) is 18.7 Å². The molecule has 0 aliphatic heterocycles. The second-order valence-corrected chi connectivity index (χ2v) is 6.22. The van der Waals surface area contributed by atoms with Crippen molar-refractivity contribution in [2.45, 2.75) is 12.5 Å². The fourth-order valence-corrected chi connectivity index (χ4v) is 1.80. The van der Waals surface area contributed by atoms with Crippen molar-refractivity contribution in [3.63, 3.8) is 0 Å². The van der Waals surface area contributed by atoms with Crippen LogP contribution in [0.2, 0.25) is 0 Å². The molecule has 0 radical (unpaired) electrons. The van der Waals surface area contributed by atoms with Crippen molar-refractivity contribution in [3.05, 3.63) is 12.7 Å². The van der Waals surface area contributed by atoms with Gasteiger partial charge in [-0.3, -0.25) is 0 Å². The highest BCUT2D eigenvalue weighted by Gasteiger charge is 2.19. The number of sulfonamides is 1.